The molecule has 0 saturated carbocycles. The van der Waals surface area contributed by atoms with Crippen molar-refractivity contribution in [3.8, 4) is 0 Å². The Hall–Kier alpha value is 0.170. The third-order valence-electron chi connectivity index (χ3n) is 3.20. The molecule has 9 heteroatoms. The van der Waals surface area contributed by atoms with Crippen LogP contribution in [0.2, 0.25) is 0 Å². The smallest absolute Gasteiger partial charge is 0.228 e. The maximum atomic E-state index is 11.9. The topological polar surface area (TPSA) is 97.5 Å². The number of thioether (sulfide) groups is 1. The molecule has 0 spiro atoms. The van der Waals surface area contributed by atoms with Crippen molar-refractivity contribution in [1.29, 1.82) is 0 Å². The first-order valence-corrected chi connectivity index (χ1v) is 10.4. The molecule has 1 fully saturated rings. The lowest BCUT2D eigenvalue weighted by Gasteiger charge is -2.39. The van der Waals surface area contributed by atoms with E-state index >= 15 is 0 Å². The minimum absolute atomic E-state index is 0.0723. The van der Waals surface area contributed by atoms with Gasteiger partial charge in [-0.25, -0.2) is 21.1 Å². The van der Waals surface area contributed by atoms with Crippen LogP contribution in [0.15, 0.2) is 0 Å². The van der Waals surface area contributed by atoms with Crippen LogP contribution in [-0.2, 0) is 19.9 Å². The highest BCUT2D eigenvalue weighted by Crippen LogP contribution is 2.34. The zero-order valence-electron chi connectivity index (χ0n) is 10.6. The summed E-state index contributed by atoms with van der Waals surface area (Å²) in [6, 6.07) is 0. The van der Waals surface area contributed by atoms with Gasteiger partial charge >= 0.3 is 0 Å². The molecule has 0 radical (unpaired) electrons. The number of piperidine rings is 1. The van der Waals surface area contributed by atoms with Gasteiger partial charge in [0.15, 0.2) is 14.9 Å². The van der Waals surface area contributed by atoms with Gasteiger partial charge in [0.25, 0.3) is 0 Å². The summed E-state index contributed by atoms with van der Waals surface area (Å²) in [6.07, 6.45) is 4.22. The molecule has 1 heterocycles. The molecule has 0 aromatic carbocycles. The lowest BCUT2D eigenvalue weighted by atomic mass is 9.97. The van der Waals surface area contributed by atoms with Crippen LogP contribution < -0.4 is 5.73 Å². The van der Waals surface area contributed by atoms with Gasteiger partial charge in [0.05, 0.1) is 0 Å². The first-order valence-electron chi connectivity index (χ1n) is 5.55. The molecule has 0 bridgehead atoms. The van der Waals surface area contributed by atoms with E-state index < -0.39 is 24.9 Å². The molecule has 0 aromatic heterocycles. The summed E-state index contributed by atoms with van der Waals surface area (Å²) in [5.74, 6) is 0. The van der Waals surface area contributed by atoms with Crippen molar-refractivity contribution in [3.63, 3.8) is 0 Å². The second kappa shape index (κ2) is 5.66. The van der Waals surface area contributed by atoms with Gasteiger partial charge < -0.3 is 5.73 Å². The van der Waals surface area contributed by atoms with E-state index in [9.17, 15) is 16.8 Å². The van der Waals surface area contributed by atoms with Crippen molar-refractivity contribution in [3.05, 3.63) is 0 Å². The fourth-order valence-corrected chi connectivity index (χ4v) is 6.27. The molecule has 0 aromatic rings. The maximum Gasteiger partial charge on any atom is 0.228 e. The molecular weight excluding hydrogens is 296 g/mol. The fraction of sp³-hybridized carbons (Fsp3) is 1.00. The van der Waals surface area contributed by atoms with Crippen molar-refractivity contribution in [2.45, 2.75) is 17.6 Å². The normalized spacial score (nSPS) is 21.9. The van der Waals surface area contributed by atoms with Crippen LogP contribution in [0.25, 0.3) is 0 Å². The molecule has 1 saturated heterocycles. The van der Waals surface area contributed by atoms with Crippen molar-refractivity contribution in [2.24, 2.45) is 5.73 Å². The molecule has 108 valence electrons. The highest BCUT2D eigenvalue weighted by atomic mass is 32.3. The predicted molar refractivity (Wildman–Crippen MR) is 74.7 cm³/mol. The Morgan fingerprint density at radius 3 is 2.06 bits per heavy atom. The quantitative estimate of drug-likeness (QED) is 0.732. The van der Waals surface area contributed by atoms with Gasteiger partial charge in [-0.2, -0.15) is 11.8 Å². The average Bonchev–Trinajstić information content (AvgIpc) is 2.26. The highest BCUT2D eigenvalue weighted by molar-refractivity contribution is 8.06. The third kappa shape index (κ3) is 4.09. The molecule has 0 aliphatic carbocycles. The second-order valence-corrected chi connectivity index (χ2v) is 10.4. The Morgan fingerprint density at radius 2 is 1.72 bits per heavy atom. The number of nitrogens with two attached hydrogens (primary N) is 1. The van der Waals surface area contributed by atoms with Gasteiger partial charge in [0, 0.05) is 30.6 Å². The van der Waals surface area contributed by atoms with Gasteiger partial charge in [-0.1, -0.05) is 0 Å². The molecule has 0 amide bonds. The van der Waals surface area contributed by atoms with E-state index in [4.69, 9.17) is 5.73 Å². The monoisotopic (exact) mass is 316 g/mol. The Bertz CT molecular complexity index is 472. The molecule has 1 rings (SSSR count). The molecule has 0 atom stereocenters. The van der Waals surface area contributed by atoms with Gasteiger partial charge in [-0.15, -0.1) is 0 Å². The van der Waals surface area contributed by atoms with Gasteiger partial charge in [-0.3, -0.25) is 0 Å². The number of rotatable bonds is 5. The van der Waals surface area contributed by atoms with E-state index in [1.807, 2.05) is 6.26 Å². The second-order valence-electron chi connectivity index (χ2n) is 4.65. The standard InChI is InChI=1S/C9H20N2O4S3/c1-16-9(7-10)3-5-11(6-4-9)18(14,15)8-17(2,12)13/h3-8,10H2,1-2H3. The van der Waals surface area contributed by atoms with E-state index in [1.165, 1.54) is 4.31 Å². The van der Waals surface area contributed by atoms with Crippen molar-refractivity contribution >= 4 is 31.6 Å². The first kappa shape index (κ1) is 16.2. The van der Waals surface area contributed by atoms with E-state index in [0.717, 1.165) is 6.26 Å². The summed E-state index contributed by atoms with van der Waals surface area (Å²) in [4.78, 5) is 0. The Morgan fingerprint density at radius 1 is 1.22 bits per heavy atom. The van der Waals surface area contributed by atoms with Crippen LogP contribution in [0.1, 0.15) is 12.8 Å². The lowest BCUT2D eigenvalue weighted by molar-refractivity contribution is 0.302. The zero-order chi connectivity index (χ0) is 14.0. The number of nitrogens with zero attached hydrogens (tertiary/aromatic N) is 1. The maximum absolute atomic E-state index is 11.9. The average molecular weight is 316 g/mol. The fourth-order valence-electron chi connectivity index (χ4n) is 2.01. The summed E-state index contributed by atoms with van der Waals surface area (Å²) in [6.45, 7) is 1.19. The minimum Gasteiger partial charge on any atom is -0.329 e. The summed E-state index contributed by atoms with van der Waals surface area (Å²) in [5.41, 5.74) is 5.72. The van der Waals surface area contributed by atoms with Crippen molar-refractivity contribution in [2.75, 3.05) is 37.2 Å². The van der Waals surface area contributed by atoms with E-state index in [1.54, 1.807) is 11.8 Å². The SMILES string of the molecule is CSC1(CN)CCN(S(=O)(=O)CS(C)(=O)=O)CC1. The van der Waals surface area contributed by atoms with Gasteiger partial charge in [0.2, 0.25) is 10.0 Å². The Kier molecular flexibility index (Phi) is 5.10. The Labute approximate surface area is 113 Å². The Balaban J connectivity index is 2.74. The van der Waals surface area contributed by atoms with Crippen LogP contribution in [-0.4, -0.2) is 63.1 Å². The predicted octanol–water partition coefficient (Wildman–Crippen LogP) is -0.525. The van der Waals surface area contributed by atoms with Crippen LogP contribution in [0.5, 0.6) is 0 Å². The van der Waals surface area contributed by atoms with Gasteiger partial charge in [-0.05, 0) is 19.1 Å². The summed E-state index contributed by atoms with van der Waals surface area (Å²) in [5, 5.41) is -0.811. The molecule has 18 heavy (non-hydrogen) atoms. The molecule has 0 unspecified atom stereocenters. The number of sulfonamides is 1. The van der Waals surface area contributed by atoms with Crippen molar-refractivity contribution in [1.82, 2.24) is 4.31 Å². The van der Waals surface area contributed by atoms with Crippen LogP contribution >= 0.6 is 11.8 Å². The summed E-state index contributed by atoms with van der Waals surface area (Å²) >= 11 is 1.65. The van der Waals surface area contributed by atoms with Crippen LogP contribution in [0.4, 0.5) is 0 Å². The van der Waals surface area contributed by atoms with Crippen molar-refractivity contribution < 1.29 is 16.8 Å². The number of sulfone groups is 1. The molecule has 1 aliphatic heterocycles. The molecule has 6 nitrogen and oxygen atoms in total. The minimum atomic E-state index is -3.71. The van der Waals surface area contributed by atoms with Crippen LogP contribution in [0.3, 0.4) is 0 Å². The zero-order valence-corrected chi connectivity index (χ0v) is 13.1. The molecule has 2 N–H and O–H groups in total. The van der Waals surface area contributed by atoms with E-state index in [2.05, 4.69) is 0 Å². The largest absolute Gasteiger partial charge is 0.329 e. The number of hydrogen-bond donors (Lipinski definition) is 1. The lowest BCUT2D eigenvalue weighted by Crippen LogP contribution is -2.49. The first-order chi connectivity index (χ1) is 8.14. The van der Waals surface area contributed by atoms with E-state index in [-0.39, 0.29) is 4.75 Å². The third-order valence-corrected chi connectivity index (χ3v) is 8.69. The highest BCUT2D eigenvalue weighted by Gasteiger charge is 2.37. The molecular formula is C9H20N2O4S3. The number of hydrogen-bond acceptors (Lipinski definition) is 6. The van der Waals surface area contributed by atoms with Gasteiger partial charge in [0.1, 0.15) is 0 Å². The summed E-state index contributed by atoms with van der Waals surface area (Å²) in [7, 11) is -7.24. The van der Waals surface area contributed by atoms with E-state index in [0.29, 0.717) is 32.5 Å². The summed E-state index contributed by atoms with van der Waals surface area (Å²) < 4.78 is 47.2. The van der Waals surface area contributed by atoms with Crippen LogP contribution in [0, 0.1) is 0 Å². The molecule has 1 aliphatic rings.